The zero-order valence-corrected chi connectivity index (χ0v) is 18.0. The van der Waals surface area contributed by atoms with Gasteiger partial charge in [-0.2, -0.15) is 0 Å². The smallest absolute Gasteiger partial charge is 0.254 e. The molecule has 1 saturated heterocycles. The van der Waals surface area contributed by atoms with Crippen LogP contribution in [0, 0.1) is 6.92 Å². The van der Waals surface area contributed by atoms with Crippen LogP contribution < -0.4 is 0 Å². The molecule has 0 spiro atoms. The van der Waals surface area contributed by atoms with Crippen LogP contribution in [0.3, 0.4) is 0 Å². The fourth-order valence-electron chi connectivity index (χ4n) is 4.48. The van der Waals surface area contributed by atoms with Gasteiger partial charge in [0, 0.05) is 30.1 Å². The number of aromatic nitrogens is 2. The number of ketones is 1. The average molecular weight is 424 g/mol. The first-order valence-electron chi connectivity index (χ1n) is 11.0. The second kappa shape index (κ2) is 8.42. The minimum absolute atomic E-state index is 0.0800. The van der Waals surface area contributed by atoms with E-state index in [4.69, 9.17) is 4.98 Å². The molecule has 0 aliphatic carbocycles. The zero-order chi connectivity index (χ0) is 22.1. The molecule has 1 N–H and O–H groups in total. The number of carbonyl (C=O) groups is 2. The van der Waals surface area contributed by atoms with Crippen molar-refractivity contribution in [3.63, 3.8) is 0 Å². The van der Waals surface area contributed by atoms with Crippen molar-refractivity contribution in [1.29, 1.82) is 0 Å². The Morgan fingerprint density at radius 2 is 1.59 bits per heavy atom. The maximum atomic E-state index is 13.3. The second-order valence-electron chi connectivity index (χ2n) is 8.45. The Morgan fingerprint density at radius 1 is 0.906 bits per heavy atom. The molecule has 2 heterocycles. The Hall–Kier alpha value is -3.73. The van der Waals surface area contributed by atoms with Crippen molar-refractivity contribution < 1.29 is 9.59 Å². The van der Waals surface area contributed by atoms with E-state index in [-0.39, 0.29) is 11.7 Å². The maximum Gasteiger partial charge on any atom is 0.254 e. The van der Waals surface area contributed by atoms with E-state index in [1.807, 2.05) is 41.3 Å². The predicted octanol–water partition coefficient (Wildman–Crippen LogP) is 5.12. The van der Waals surface area contributed by atoms with Gasteiger partial charge in [-0.1, -0.05) is 54.6 Å². The molecule has 5 nitrogen and oxygen atoms in total. The first kappa shape index (κ1) is 20.2. The highest BCUT2D eigenvalue weighted by Crippen LogP contribution is 2.29. The van der Waals surface area contributed by atoms with Crippen LogP contribution in [0.2, 0.25) is 0 Å². The van der Waals surface area contributed by atoms with Crippen LogP contribution in [-0.2, 0) is 0 Å². The van der Waals surface area contributed by atoms with Gasteiger partial charge in [0.15, 0.2) is 5.78 Å². The van der Waals surface area contributed by atoms with E-state index in [9.17, 15) is 9.59 Å². The number of amides is 1. The summed E-state index contributed by atoms with van der Waals surface area (Å²) in [5.41, 5.74) is 4.77. The summed E-state index contributed by atoms with van der Waals surface area (Å²) in [5.74, 6) is 1.09. The minimum Gasteiger partial charge on any atom is -0.342 e. The molecule has 1 aliphatic heterocycles. The number of nitrogens with zero attached hydrogens (tertiary/aromatic N) is 2. The van der Waals surface area contributed by atoms with Gasteiger partial charge in [0.05, 0.1) is 16.6 Å². The highest BCUT2D eigenvalue weighted by atomic mass is 16.2. The van der Waals surface area contributed by atoms with E-state index >= 15 is 0 Å². The van der Waals surface area contributed by atoms with Crippen molar-refractivity contribution in [2.45, 2.75) is 25.7 Å². The number of rotatable bonds is 4. The number of aryl methyl sites for hydroxylation is 1. The van der Waals surface area contributed by atoms with E-state index in [2.05, 4.69) is 24.0 Å². The molecule has 160 valence electrons. The van der Waals surface area contributed by atoms with Crippen LogP contribution in [0.5, 0.6) is 0 Å². The quantitative estimate of drug-likeness (QED) is 0.463. The Morgan fingerprint density at radius 3 is 2.34 bits per heavy atom. The summed E-state index contributed by atoms with van der Waals surface area (Å²) in [7, 11) is 0. The number of benzene rings is 3. The molecule has 0 atom stereocenters. The first-order chi connectivity index (χ1) is 15.6. The molecule has 5 heteroatoms. The topological polar surface area (TPSA) is 66.1 Å². The van der Waals surface area contributed by atoms with Crippen LogP contribution in [-0.4, -0.2) is 39.6 Å². The molecule has 32 heavy (non-hydrogen) atoms. The van der Waals surface area contributed by atoms with E-state index < -0.39 is 0 Å². The van der Waals surface area contributed by atoms with Gasteiger partial charge in [0.25, 0.3) is 5.91 Å². The third-order valence-electron chi connectivity index (χ3n) is 6.26. The Kier molecular flexibility index (Phi) is 5.31. The molecule has 0 bridgehead atoms. The molecular weight excluding hydrogens is 398 g/mol. The van der Waals surface area contributed by atoms with Gasteiger partial charge in [0.2, 0.25) is 0 Å². The van der Waals surface area contributed by atoms with E-state index in [1.54, 1.807) is 24.3 Å². The van der Waals surface area contributed by atoms with Gasteiger partial charge in [-0.3, -0.25) is 9.59 Å². The van der Waals surface area contributed by atoms with Crippen LogP contribution in [0.1, 0.15) is 56.4 Å². The van der Waals surface area contributed by atoms with Gasteiger partial charge in [-0.15, -0.1) is 0 Å². The summed E-state index contributed by atoms with van der Waals surface area (Å²) >= 11 is 0. The zero-order valence-electron chi connectivity index (χ0n) is 18.0. The molecule has 1 aromatic heterocycles. The molecular formula is C27H25N3O2. The minimum atomic E-state index is -0.123. The molecule has 1 aliphatic rings. The molecule has 5 rings (SSSR count). The number of imidazole rings is 1. The number of aromatic amines is 1. The number of fused-ring (bicyclic) bond motifs is 1. The van der Waals surface area contributed by atoms with Crippen molar-refractivity contribution in [1.82, 2.24) is 14.9 Å². The highest BCUT2D eigenvalue weighted by molar-refractivity contribution is 6.15. The lowest BCUT2D eigenvalue weighted by Crippen LogP contribution is -2.38. The van der Waals surface area contributed by atoms with Crippen LogP contribution >= 0.6 is 0 Å². The van der Waals surface area contributed by atoms with Gasteiger partial charge < -0.3 is 9.88 Å². The second-order valence-corrected chi connectivity index (χ2v) is 8.45. The highest BCUT2D eigenvalue weighted by Gasteiger charge is 2.28. The van der Waals surface area contributed by atoms with Crippen LogP contribution in [0.25, 0.3) is 11.0 Å². The molecule has 0 radical (unpaired) electrons. The van der Waals surface area contributed by atoms with Gasteiger partial charge in [-0.25, -0.2) is 4.98 Å². The Bertz CT molecular complexity index is 1280. The van der Waals surface area contributed by atoms with Crippen LogP contribution in [0.4, 0.5) is 0 Å². The SMILES string of the molecule is Cc1ccc2nc(C3CCN(C(=O)c4ccccc4C(=O)c4ccccc4)CC3)[nH]c2c1. The van der Waals surface area contributed by atoms with Gasteiger partial charge in [0.1, 0.15) is 5.82 Å². The van der Waals surface area contributed by atoms with E-state index in [0.717, 1.165) is 29.7 Å². The molecule has 4 aromatic rings. The molecule has 1 amide bonds. The number of H-pyrrole nitrogens is 1. The predicted molar refractivity (Wildman–Crippen MR) is 125 cm³/mol. The summed E-state index contributed by atoms with van der Waals surface area (Å²) in [6.07, 6.45) is 1.69. The normalized spacial score (nSPS) is 14.6. The standard InChI is InChI=1S/C27H25N3O2/c1-18-11-12-23-24(17-18)29-26(28-23)20-13-15-30(16-14-20)27(32)22-10-6-5-9-21(22)25(31)19-7-3-2-4-8-19/h2-12,17,20H,13-16H2,1H3,(H,28,29). The lowest BCUT2D eigenvalue weighted by atomic mass is 9.94. The third kappa shape index (κ3) is 3.82. The average Bonchev–Trinajstić information content (AvgIpc) is 3.27. The first-order valence-corrected chi connectivity index (χ1v) is 11.0. The largest absolute Gasteiger partial charge is 0.342 e. The number of nitrogens with one attached hydrogen (secondary N) is 1. The van der Waals surface area contributed by atoms with Crippen molar-refractivity contribution in [2.24, 2.45) is 0 Å². The molecule has 3 aromatic carbocycles. The van der Waals surface area contributed by atoms with Crippen molar-refractivity contribution >= 4 is 22.7 Å². The Labute approximate surface area is 187 Å². The number of hydrogen-bond acceptors (Lipinski definition) is 3. The fraction of sp³-hybridized carbons (Fsp3) is 0.222. The van der Waals surface area contributed by atoms with Gasteiger partial charge in [-0.05, 0) is 43.5 Å². The summed E-state index contributed by atoms with van der Waals surface area (Å²) in [6.45, 7) is 3.37. The van der Waals surface area contributed by atoms with Crippen molar-refractivity contribution in [3.8, 4) is 0 Å². The number of carbonyl (C=O) groups excluding carboxylic acids is 2. The van der Waals surface area contributed by atoms with Gasteiger partial charge >= 0.3 is 0 Å². The summed E-state index contributed by atoms with van der Waals surface area (Å²) in [5, 5.41) is 0. The lowest BCUT2D eigenvalue weighted by Gasteiger charge is -2.31. The number of hydrogen-bond donors (Lipinski definition) is 1. The molecule has 0 saturated carbocycles. The fourth-order valence-corrected chi connectivity index (χ4v) is 4.48. The van der Waals surface area contributed by atoms with Crippen molar-refractivity contribution in [2.75, 3.05) is 13.1 Å². The van der Waals surface area contributed by atoms with E-state index in [0.29, 0.717) is 35.7 Å². The van der Waals surface area contributed by atoms with Crippen LogP contribution in [0.15, 0.2) is 72.8 Å². The summed E-state index contributed by atoms with van der Waals surface area (Å²) in [4.78, 5) is 36.4. The number of piperidine rings is 1. The summed E-state index contributed by atoms with van der Waals surface area (Å²) < 4.78 is 0. The monoisotopic (exact) mass is 423 g/mol. The Balaban J connectivity index is 1.32. The molecule has 0 unspecified atom stereocenters. The summed E-state index contributed by atoms with van der Waals surface area (Å²) in [6, 6.07) is 22.5. The molecule has 1 fully saturated rings. The van der Waals surface area contributed by atoms with E-state index in [1.165, 1.54) is 5.56 Å². The maximum absolute atomic E-state index is 13.3. The van der Waals surface area contributed by atoms with Crippen molar-refractivity contribution in [3.05, 3.63) is 101 Å². The number of likely N-dealkylation sites (tertiary alicyclic amines) is 1. The third-order valence-corrected chi connectivity index (χ3v) is 6.26. The lowest BCUT2D eigenvalue weighted by molar-refractivity contribution is 0.0707.